The molecule has 0 aliphatic heterocycles. The fourth-order valence-corrected chi connectivity index (χ4v) is 1.53. The lowest BCUT2D eigenvalue weighted by Crippen LogP contribution is -2.49. The lowest BCUT2D eigenvalue weighted by atomic mass is 10.1. The maximum atomic E-state index is 11.8. The van der Waals surface area contributed by atoms with E-state index in [9.17, 15) is 4.79 Å². The van der Waals surface area contributed by atoms with Crippen molar-refractivity contribution in [3.05, 3.63) is 29.8 Å². The average Bonchev–Trinajstić information content (AvgIpc) is 2.31. The summed E-state index contributed by atoms with van der Waals surface area (Å²) in [7, 11) is 0. The first-order chi connectivity index (χ1) is 8.46. The maximum Gasteiger partial charge on any atom is 0.224 e. The smallest absolute Gasteiger partial charge is 0.224 e. The number of nitrogens with one attached hydrogen (secondary N) is 1. The quantitative estimate of drug-likeness (QED) is 0.839. The van der Waals surface area contributed by atoms with E-state index in [4.69, 9.17) is 10.5 Å². The standard InChI is InChI=1S/C14H22N2O2.ClH/c1-4-18-12-7-5-11(6-8-12)9-13(17)16-14(2,3)10-15;/h5-8H,4,9-10,15H2,1-3H3,(H,16,17);1H. The van der Waals surface area contributed by atoms with Gasteiger partial charge in [0.2, 0.25) is 5.91 Å². The Balaban J connectivity index is 0.00000324. The molecular weight excluding hydrogens is 264 g/mol. The number of hydrogen-bond acceptors (Lipinski definition) is 3. The summed E-state index contributed by atoms with van der Waals surface area (Å²) in [5, 5.41) is 2.90. The van der Waals surface area contributed by atoms with Crippen molar-refractivity contribution in [3.8, 4) is 5.75 Å². The van der Waals surface area contributed by atoms with Crippen LogP contribution in [-0.4, -0.2) is 24.6 Å². The lowest BCUT2D eigenvalue weighted by Gasteiger charge is -2.24. The average molecular weight is 287 g/mol. The molecule has 1 aromatic rings. The summed E-state index contributed by atoms with van der Waals surface area (Å²) in [4.78, 5) is 11.8. The number of carbonyl (C=O) groups is 1. The van der Waals surface area contributed by atoms with E-state index in [0.717, 1.165) is 11.3 Å². The highest BCUT2D eigenvalue weighted by molar-refractivity contribution is 5.85. The third-order valence-corrected chi connectivity index (χ3v) is 2.59. The third-order valence-electron chi connectivity index (χ3n) is 2.59. The number of ether oxygens (including phenoxy) is 1. The predicted molar refractivity (Wildman–Crippen MR) is 79.8 cm³/mol. The van der Waals surface area contributed by atoms with Gasteiger partial charge in [-0.2, -0.15) is 0 Å². The fourth-order valence-electron chi connectivity index (χ4n) is 1.53. The van der Waals surface area contributed by atoms with Gasteiger partial charge in [0.25, 0.3) is 0 Å². The normalized spacial score (nSPS) is 10.5. The van der Waals surface area contributed by atoms with Gasteiger partial charge in [-0.05, 0) is 38.5 Å². The molecule has 1 rings (SSSR count). The Morgan fingerprint density at radius 3 is 2.37 bits per heavy atom. The van der Waals surface area contributed by atoms with E-state index in [1.54, 1.807) is 0 Å². The van der Waals surface area contributed by atoms with Crippen LogP contribution in [0, 0.1) is 0 Å². The molecule has 5 heteroatoms. The van der Waals surface area contributed by atoms with Crippen LogP contribution >= 0.6 is 12.4 Å². The Hall–Kier alpha value is -1.26. The molecule has 0 bridgehead atoms. The van der Waals surface area contributed by atoms with Gasteiger partial charge in [-0.25, -0.2) is 0 Å². The predicted octanol–water partition coefficient (Wildman–Crippen LogP) is 1.90. The molecule has 0 saturated carbocycles. The van der Waals surface area contributed by atoms with Crippen LogP contribution in [0.3, 0.4) is 0 Å². The molecule has 0 aliphatic carbocycles. The van der Waals surface area contributed by atoms with Gasteiger partial charge < -0.3 is 15.8 Å². The van der Waals surface area contributed by atoms with Crippen LogP contribution in [0.15, 0.2) is 24.3 Å². The molecular formula is C14H23ClN2O2. The van der Waals surface area contributed by atoms with Gasteiger partial charge in [-0.3, -0.25) is 4.79 Å². The van der Waals surface area contributed by atoms with E-state index in [-0.39, 0.29) is 23.9 Å². The molecule has 1 amide bonds. The van der Waals surface area contributed by atoms with Crippen LogP contribution in [0.2, 0.25) is 0 Å². The molecule has 0 heterocycles. The molecule has 0 radical (unpaired) electrons. The van der Waals surface area contributed by atoms with Crippen molar-refractivity contribution < 1.29 is 9.53 Å². The Labute approximate surface area is 121 Å². The Kier molecular flexibility index (Phi) is 7.49. The highest BCUT2D eigenvalue weighted by Crippen LogP contribution is 2.12. The topological polar surface area (TPSA) is 64.3 Å². The molecule has 19 heavy (non-hydrogen) atoms. The largest absolute Gasteiger partial charge is 0.494 e. The summed E-state index contributed by atoms with van der Waals surface area (Å²) in [5.74, 6) is 0.804. The molecule has 3 N–H and O–H groups in total. The molecule has 0 unspecified atom stereocenters. The second kappa shape index (κ2) is 8.02. The molecule has 0 saturated heterocycles. The molecule has 1 aromatic carbocycles. The number of amides is 1. The van der Waals surface area contributed by atoms with Crippen LogP contribution in [0.1, 0.15) is 26.3 Å². The van der Waals surface area contributed by atoms with Gasteiger partial charge in [0.15, 0.2) is 0 Å². The van der Waals surface area contributed by atoms with Gasteiger partial charge in [-0.15, -0.1) is 12.4 Å². The first-order valence-corrected chi connectivity index (χ1v) is 6.19. The zero-order chi connectivity index (χ0) is 13.6. The van der Waals surface area contributed by atoms with E-state index in [1.165, 1.54) is 0 Å². The molecule has 0 atom stereocenters. The summed E-state index contributed by atoms with van der Waals surface area (Å²) < 4.78 is 5.35. The molecule has 0 spiro atoms. The number of carbonyl (C=O) groups excluding carboxylic acids is 1. The van der Waals surface area contributed by atoms with Crippen LogP contribution in [0.25, 0.3) is 0 Å². The van der Waals surface area contributed by atoms with Crippen molar-refractivity contribution in [2.75, 3.05) is 13.2 Å². The van der Waals surface area contributed by atoms with Gasteiger partial charge in [0.05, 0.1) is 13.0 Å². The summed E-state index contributed by atoms with van der Waals surface area (Å²) in [6.45, 7) is 6.81. The first kappa shape index (κ1) is 17.7. The number of rotatable bonds is 6. The van der Waals surface area contributed by atoms with Crippen LogP contribution in [0.5, 0.6) is 5.75 Å². The minimum absolute atomic E-state index is 0. The lowest BCUT2D eigenvalue weighted by molar-refractivity contribution is -0.121. The summed E-state index contributed by atoms with van der Waals surface area (Å²) >= 11 is 0. The molecule has 0 fully saturated rings. The number of halogens is 1. The van der Waals surface area contributed by atoms with E-state index >= 15 is 0 Å². The SMILES string of the molecule is CCOc1ccc(CC(=O)NC(C)(C)CN)cc1.Cl. The van der Waals surface area contributed by atoms with Crippen molar-refractivity contribution in [1.29, 1.82) is 0 Å². The zero-order valence-electron chi connectivity index (χ0n) is 11.7. The second-order valence-corrected chi connectivity index (χ2v) is 4.89. The molecule has 108 valence electrons. The van der Waals surface area contributed by atoms with Crippen molar-refractivity contribution in [2.24, 2.45) is 5.73 Å². The van der Waals surface area contributed by atoms with Gasteiger partial charge >= 0.3 is 0 Å². The van der Waals surface area contributed by atoms with Gasteiger partial charge in [0, 0.05) is 12.1 Å². The van der Waals surface area contributed by atoms with Crippen molar-refractivity contribution in [2.45, 2.75) is 32.7 Å². The van der Waals surface area contributed by atoms with Gasteiger partial charge in [-0.1, -0.05) is 12.1 Å². The Bertz CT molecular complexity index is 391. The first-order valence-electron chi connectivity index (χ1n) is 6.19. The minimum atomic E-state index is -0.359. The molecule has 0 aromatic heterocycles. The van der Waals surface area contributed by atoms with Crippen molar-refractivity contribution in [3.63, 3.8) is 0 Å². The summed E-state index contributed by atoms with van der Waals surface area (Å²) in [5.41, 5.74) is 6.17. The van der Waals surface area contributed by atoms with Crippen molar-refractivity contribution >= 4 is 18.3 Å². The minimum Gasteiger partial charge on any atom is -0.494 e. The Morgan fingerprint density at radius 2 is 1.89 bits per heavy atom. The van der Waals surface area contributed by atoms with E-state index in [2.05, 4.69) is 5.32 Å². The highest BCUT2D eigenvalue weighted by Gasteiger charge is 2.18. The maximum absolute atomic E-state index is 11.8. The third kappa shape index (κ3) is 6.45. The summed E-state index contributed by atoms with van der Waals surface area (Å²) in [6.07, 6.45) is 0.357. The van der Waals surface area contributed by atoms with Crippen molar-refractivity contribution in [1.82, 2.24) is 5.32 Å². The van der Waals surface area contributed by atoms with Crippen LogP contribution in [0.4, 0.5) is 0 Å². The molecule has 4 nitrogen and oxygen atoms in total. The molecule has 0 aliphatic rings. The monoisotopic (exact) mass is 286 g/mol. The van der Waals surface area contributed by atoms with Crippen LogP contribution in [-0.2, 0) is 11.2 Å². The van der Waals surface area contributed by atoms with Crippen LogP contribution < -0.4 is 15.8 Å². The van der Waals surface area contributed by atoms with E-state index in [1.807, 2.05) is 45.0 Å². The number of benzene rings is 1. The Morgan fingerprint density at radius 1 is 1.32 bits per heavy atom. The van der Waals surface area contributed by atoms with E-state index in [0.29, 0.717) is 19.6 Å². The summed E-state index contributed by atoms with van der Waals surface area (Å²) in [6, 6.07) is 7.56. The fraction of sp³-hybridized carbons (Fsp3) is 0.500. The number of nitrogens with two attached hydrogens (primary N) is 1. The highest BCUT2D eigenvalue weighted by atomic mass is 35.5. The van der Waals surface area contributed by atoms with Gasteiger partial charge in [0.1, 0.15) is 5.75 Å². The number of hydrogen-bond donors (Lipinski definition) is 2. The second-order valence-electron chi connectivity index (χ2n) is 4.89. The van der Waals surface area contributed by atoms with E-state index < -0.39 is 0 Å². The zero-order valence-corrected chi connectivity index (χ0v) is 12.5.